The molecular weight excluding hydrogens is 238 g/mol. The first kappa shape index (κ1) is 14.8. The average molecular weight is 267 g/mol. The maximum absolute atomic E-state index is 13.0. The molecule has 4 heteroatoms. The van der Waals surface area contributed by atoms with Crippen molar-refractivity contribution in [1.82, 2.24) is 15.1 Å². The second-order valence-electron chi connectivity index (χ2n) is 6.44. The highest BCUT2D eigenvalue weighted by molar-refractivity contribution is 5.87. The Morgan fingerprint density at radius 3 is 2.42 bits per heavy atom. The van der Waals surface area contributed by atoms with Crippen LogP contribution in [0, 0.1) is 0 Å². The molecule has 110 valence electrons. The average Bonchev–Trinajstić information content (AvgIpc) is 2.84. The van der Waals surface area contributed by atoms with Crippen molar-refractivity contribution >= 4 is 5.91 Å². The monoisotopic (exact) mass is 267 g/mol. The van der Waals surface area contributed by atoms with Gasteiger partial charge in [0.05, 0.1) is 5.54 Å². The van der Waals surface area contributed by atoms with Crippen LogP contribution in [0.3, 0.4) is 0 Å². The fourth-order valence-electron chi connectivity index (χ4n) is 3.61. The van der Waals surface area contributed by atoms with E-state index < -0.39 is 0 Å². The van der Waals surface area contributed by atoms with Crippen LogP contribution in [-0.4, -0.2) is 60.0 Å². The summed E-state index contributed by atoms with van der Waals surface area (Å²) in [5.74, 6) is 0.346. The molecule has 3 unspecified atom stereocenters. The van der Waals surface area contributed by atoms with Crippen molar-refractivity contribution < 1.29 is 4.79 Å². The smallest absolute Gasteiger partial charge is 0.242 e. The molecule has 2 fully saturated rings. The lowest BCUT2D eigenvalue weighted by Gasteiger charge is -2.45. The Morgan fingerprint density at radius 2 is 1.95 bits per heavy atom. The van der Waals surface area contributed by atoms with Crippen molar-refractivity contribution in [3.63, 3.8) is 0 Å². The summed E-state index contributed by atoms with van der Waals surface area (Å²) in [5.41, 5.74) is -0.260. The fourth-order valence-corrected chi connectivity index (χ4v) is 3.61. The van der Waals surface area contributed by atoms with Crippen LogP contribution in [0.4, 0.5) is 0 Å². The van der Waals surface area contributed by atoms with E-state index in [2.05, 4.69) is 42.9 Å². The first-order valence-corrected chi connectivity index (χ1v) is 7.76. The summed E-state index contributed by atoms with van der Waals surface area (Å²) >= 11 is 0. The lowest BCUT2D eigenvalue weighted by molar-refractivity contribution is -0.142. The zero-order valence-corrected chi connectivity index (χ0v) is 12.9. The van der Waals surface area contributed by atoms with Gasteiger partial charge in [-0.05, 0) is 46.7 Å². The van der Waals surface area contributed by atoms with Gasteiger partial charge in [0.2, 0.25) is 5.91 Å². The maximum Gasteiger partial charge on any atom is 0.242 e. The van der Waals surface area contributed by atoms with Crippen LogP contribution in [0.5, 0.6) is 0 Å². The molecule has 0 saturated carbocycles. The number of carbonyl (C=O) groups excluding carboxylic acids is 1. The highest BCUT2D eigenvalue weighted by Crippen LogP contribution is 2.28. The SMILES string of the molecule is CCCC1(C(=O)N2CC(C)N(C)C(C)C2)CCCN1. The number of hydrogen-bond acceptors (Lipinski definition) is 3. The Hall–Kier alpha value is -0.610. The normalized spacial score (nSPS) is 36.7. The van der Waals surface area contributed by atoms with Gasteiger partial charge in [-0.3, -0.25) is 9.69 Å². The molecule has 2 heterocycles. The zero-order valence-electron chi connectivity index (χ0n) is 12.9. The Morgan fingerprint density at radius 1 is 1.32 bits per heavy atom. The van der Waals surface area contributed by atoms with E-state index in [1.54, 1.807) is 0 Å². The number of amides is 1. The van der Waals surface area contributed by atoms with Crippen LogP contribution < -0.4 is 5.32 Å². The van der Waals surface area contributed by atoms with E-state index in [1.807, 2.05) is 0 Å². The van der Waals surface area contributed by atoms with Gasteiger partial charge in [0.15, 0.2) is 0 Å². The molecule has 4 nitrogen and oxygen atoms in total. The molecule has 3 atom stereocenters. The quantitative estimate of drug-likeness (QED) is 0.841. The Labute approximate surface area is 117 Å². The number of nitrogens with one attached hydrogen (secondary N) is 1. The number of piperazine rings is 1. The van der Waals surface area contributed by atoms with Gasteiger partial charge in [-0.2, -0.15) is 0 Å². The number of hydrogen-bond donors (Lipinski definition) is 1. The van der Waals surface area contributed by atoms with Crippen LogP contribution in [0.25, 0.3) is 0 Å². The second-order valence-corrected chi connectivity index (χ2v) is 6.44. The standard InChI is InChI=1S/C15H29N3O/c1-5-7-15(8-6-9-16-15)14(19)18-10-12(2)17(4)13(3)11-18/h12-13,16H,5-11H2,1-4H3. The molecule has 1 N–H and O–H groups in total. The number of rotatable bonds is 3. The third-order valence-electron chi connectivity index (χ3n) is 4.98. The fraction of sp³-hybridized carbons (Fsp3) is 0.933. The summed E-state index contributed by atoms with van der Waals surface area (Å²) in [5, 5.41) is 3.50. The summed E-state index contributed by atoms with van der Waals surface area (Å²) in [4.78, 5) is 17.4. The van der Waals surface area contributed by atoms with Gasteiger partial charge in [0.25, 0.3) is 0 Å². The lowest BCUT2D eigenvalue weighted by Crippen LogP contribution is -2.62. The minimum atomic E-state index is -0.260. The Kier molecular flexibility index (Phi) is 4.51. The molecule has 0 bridgehead atoms. The summed E-state index contributed by atoms with van der Waals surface area (Å²) in [6.45, 7) is 9.32. The van der Waals surface area contributed by atoms with Crippen LogP contribution >= 0.6 is 0 Å². The molecule has 0 aromatic rings. The molecule has 0 spiro atoms. The minimum Gasteiger partial charge on any atom is -0.338 e. The largest absolute Gasteiger partial charge is 0.338 e. The number of nitrogens with zero attached hydrogens (tertiary/aromatic N) is 2. The molecule has 1 amide bonds. The van der Waals surface area contributed by atoms with Gasteiger partial charge in [0.1, 0.15) is 0 Å². The highest BCUT2D eigenvalue weighted by Gasteiger charge is 2.44. The zero-order chi connectivity index (χ0) is 14.0. The molecule has 2 aliphatic rings. The van der Waals surface area contributed by atoms with Crippen LogP contribution in [0.1, 0.15) is 46.5 Å². The molecule has 2 rings (SSSR count). The van der Waals surface area contributed by atoms with Gasteiger partial charge in [-0.15, -0.1) is 0 Å². The van der Waals surface area contributed by atoms with E-state index >= 15 is 0 Å². The van der Waals surface area contributed by atoms with E-state index in [0.717, 1.165) is 45.3 Å². The van der Waals surface area contributed by atoms with Crippen LogP contribution in [0.2, 0.25) is 0 Å². The van der Waals surface area contributed by atoms with Gasteiger partial charge in [-0.25, -0.2) is 0 Å². The van der Waals surface area contributed by atoms with Crippen molar-refractivity contribution in [3.05, 3.63) is 0 Å². The molecule has 19 heavy (non-hydrogen) atoms. The highest BCUT2D eigenvalue weighted by atomic mass is 16.2. The van der Waals surface area contributed by atoms with Gasteiger partial charge in [-0.1, -0.05) is 13.3 Å². The molecule has 2 saturated heterocycles. The van der Waals surface area contributed by atoms with E-state index in [9.17, 15) is 4.79 Å². The Bertz CT molecular complexity index is 313. The maximum atomic E-state index is 13.0. The third-order valence-corrected chi connectivity index (χ3v) is 4.98. The summed E-state index contributed by atoms with van der Waals surface area (Å²) in [7, 11) is 2.16. The number of likely N-dealkylation sites (N-methyl/N-ethyl adjacent to an activating group) is 1. The van der Waals surface area contributed by atoms with Crippen molar-refractivity contribution in [2.24, 2.45) is 0 Å². The summed E-state index contributed by atoms with van der Waals surface area (Å²) in [6, 6.07) is 0.903. The van der Waals surface area contributed by atoms with E-state index in [-0.39, 0.29) is 5.54 Å². The lowest BCUT2D eigenvalue weighted by atomic mass is 9.89. The molecule has 0 aromatic heterocycles. The number of carbonyl (C=O) groups is 1. The van der Waals surface area contributed by atoms with Gasteiger partial charge < -0.3 is 10.2 Å². The van der Waals surface area contributed by atoms with Crippen molar-refractivity contribution in [1.29, 1.82) is 0 Å². The summed E-state index contributed by atoms with van der Waals surface area (Å²) < 4.78 is 0. The van der Waals surface area contributed by atoms with Gasteiger partial charge >= 0.3 is 0 Å². The van der Waals surface area contributed by atoms with E-state index in [0.29, 0.717) is 18.0 Å². The summed E-state index contributed by atoms with van der Waals surface area (Å²) in [6.07, 6.45) is 4.18. The molecule has 0 aromatic carbocycles. The van der Waals surface area contributed by atoms with Crippen molar-refractivity contribution in [3.8, 4) is 0 Å². The first-order chi connectivity index (χ1) is 9.00. The first-order valence-electron chi connectivity index (χ1n) is 7.76. The van der Waals surface area contributed by atoms with E-state index in [1.165, 1.54) is 0 Å². The predicted molar refractivity (Wildman–Crippen MR) is 78.1 cm³/mol. The van der Waals surface area contributed by atoms with Crippen LogP contribution in [0.15, 0.2) is 0 Å². The Balaban J connectivity index is 2.10. The molecule has 0 aliphatic carbocycles. The molecule has 2 aliphatic heterocycles. The van der Waals surface area contributed by atoms with Crippen molar-refractivity contribution in [2.75, 3.05) is 26.7 Å². The van der Waals surface area contributed by atoms with Crippen LogP contribution in [-0.2, 0) is 4.79 Å². The topological polar surface area (TPSA) is 35.6 Å². The second kappa shape index (κ2) is 5.80. The molecular formula is C15H29N3O. The third kappa shape index (κ3) is 2.79. The molecule has 0 radical (unpaired) electrons. The predicted octanol–water partition coefficient (Wildman–Crippen LogP) is 1.46. The minimum absolute atomic E-state index is 0.260. The van der Waals surface area contributed by atoms with E-state index in [4.69, 9.17) is 0 Å². The van der Waals surface area contributed by atoms with Crippen molar-refractivity contribution in [2.45, 2.75) is 64.1 Å². The van der Waals surface area contributed by atoms with Gasteiger partial charge in [0, 0.05) is 25.2 Å².